The molecule has 0 spiro atoms. The number of sulfone groups is 1. The number of carbonyl (C=O) groups excluding carboxylic acids is 1. The van der Waals surface area contributed by atoms with E-state index >= 15 is 0 Å². The molecule has 1 saturated carbocycles. The molecule has 0 radical (unpaired) electrons. The summed E-state index contributed by atoms with van der Waals surface area (Å²) in [5, 5.41) is 11.4. The first kappa shape index (κ1) is 14.9. The third-order valence-electron chi connectivity index (χ3n) is 3.13. The van der Waals surface area contributed by atoms with E-state index in [9.17, 15) is 18.0 Å². The molecular weight excluding hydrogens is 258 g/mol. The standard InChI is InChI=1S/C11H19NO5S/c1-7(8-3-4-8)10(13)12-9(11(14)15)5-6-18(2,16)17/h7-9H,3-6H2,1-2H3,(H,12,13)(H,14,15). The predicted molar refractivity (Wildman–Crippen MR) is 65.8 cm³/mol. The zero-order chi connectivity index (χ0) is 13.9. The second kappa shape index (κ2) is 5.69. The van der Waals surface area contributed by atoms with Gasteiger partial charge < -0.3 is 10.4 Å². The van der Waals surface area contributed by atoms with Crippen LogP contribution in [0.4, 0.5) is 0 Å². The minimum atomic E-state index is -3.23. The largest absolute Gasteiger partial charge is 0.480 e. The Hall–Kier alpha value is -1.11. The summed E-state index contributed by atoms with van der Waals surface area (Å²) in [4.78, 5) is 22.7. The van der Waals surface area contributed by atoms with Gasteiger partial charge in [0.05, 0.1) is 5.75 Å². The number of carboxylic acids is 1. The van der Waals surface area contributed by atoms with E-state index in [-0.39, 0.29) is 24.0 Å². The van der Waals surface area contributed by atoms with Crippen LogP contribution in [-0.2, 0) is 19.4 Å². The number of aliphatic carboxylic acids is 1. The fourth-order valence-corrected chi connectivity index (χ4v) is 2.37. The monoisotopic (exact) mass is 277 g/mol. The quantitative estimate of drug-likeness (QED) is 0.684. The smallest absolute Gasteiger partial charge is 0.326 e. The summed E-state index contributed by atoms with van der Waals surface area (Å²) in [6.45, 7) is 1.77. The minimum Gasteiger partial charge on any atom is -0.480 e. The van der Waals surface area contributed by atoms with E-state index in [1.165, 1.54) is 0 Å². The number of amides is 1. The molecule has 18 heavy (non-hydrogen) atoms. The van der Waals surface area contributed by atoms with Gasteiger partial charge >= 0.3 is 5.97 Å². The first-order valence-corrected chi connectivity index (χ1v) is 7.97. The molecule has 0 aromatic heterocycles. The zero-order valence-electron chi connectivity index (χ0n) is 10.5. The van der Waals surface area contributed by atoms with E-state index in [2.05, 4.69) is 5.32 Å². The van der Waals surface area contributed by atoms with Gasteiger partial charge in [0.25, 0.3) is 0 Å². The summed E-state index contributed by atoms with van der Waals surface area (Å²) in [6.07, 6.45) is 2.93. The maximum absolute atomic E-state index is 11.7. The van der Waals surface area contributed by atoms with Crippen molar-refractivity contribution in [2.45, 2.75) is 32.2 Å². The Bertz CT molecular complexity index is 427. The summed E-state index contributed by atoms with van der Waals surface area (Å²) < 4.78 is 22.0. The van der Waals surface area contributed by atoms with Crippen molar-refractivity contribution in [2.75, 3.05) is 12.0 Å². The average molecular weight is 277 g/mol. The number of rotatable bonds is 7. The molecule has 0 saturated heterocycles. The highest BCUT2D eigenvalue weighted by atomic mass is 32.2. The van der Waals surface area contributed by atoms with Gasteiger partial charge in [0, 0.05) is 12.2 Å². The third-order valence-corrected chi connectivity index (χ3v) is 4.11. The van der Waals surface area contributed by atoms with Crippen LogP contribution < -0.4 is 5.32 Å². The van der Waals surface area contributed by atoms with E-state index < -0.39 is 21.8 Å². The van der Waals surface area contributed by atoms with Crippen molar-refractivity contribution in [3.8, 4) is 0 Å². The first-order valence-electron chi connectivity index (χ1n) is 5.91. The van der Waals surface area contributed by atoms with Crippen molar-refractivity contribution in [1.29, 1.82) is 0 Å². The van der Waals surface area contributed by atoms with Crippen molar-refractivity contribution in [3.05, 3.63) is 0 Å². The van der Waals surface area contributed by atoms with Crippen molar-refractivity contribution < 1.29 is 23.1 Å². The molecule has 0 heterocycles. The molecule has 6 nitrogen and oxygen atoms in total. The van der Waals surface area contributed by atoms with Crippen LogP contribution in [0.1, 0.15) is 26.2 Å². The van der Waals surface area contributed by atoms with E-state index in [4.69, 9.17) is 5.11 Å². The molecule has 2 atom stereocenters. The lowest BCUT2D eigenvalue weighted by Gasteiger charge is -2.17. The van der Waals surface area contributed by atoms with Crippen LogP contribution in [0.15, 0.2) is 0 Å². The summed E-state index contributed by atoms with van der Waals surface area (Å²) in [6, 6.07) is -1.13. The first-order chi connectivity index (χ1) is 8.20. The van der Waals surface area contributed by atoms with Crippen molar-refractivity contribution in [1.82, 2.24) is 5.32 Å². The van der Waals surface area contributed by atoms with Crippen molar-refractivity contribution >= 4 is 21.7 Å². The van der Waals surface area contributed by atoms with Gasteiger partial charge in [-0.3, -0.25) is 4.79 Å². The molecule has 2 unspecified atom stereocenters. The van der Waals surface area contributed by atoms with Gasteiger partial charge in [-0.15, -0.1) is 0 Å². The molecule has 0 bridgehead atoms. The van der Waals surface area contributed by atoms with Gasteiger partial charge in [-0.05, 0) is 25.2 Å². The Morgan fingerprint density at radius 3 is 2.33 bits per heavy atom. The van der Waals surface area contributed by atoms with Crippen molar-refractivity contribution in [2.24, 2.45) is 11.8 Å². The fourth-order valence-electron chi connectivity index (χ4n) is 1.70. The average Bonchev–Trinajstić information content (AvgIpc) is 3.04. The molecule has 1 rings (SSSR count). The Labute approximate surface area is 107 Å². The molecule has 0 aromatic rings. The lowest BCUT2D eigenvalue weighted by molar-refractivity contribution is -0.142. The van der Waals surface area contributed by atoms with Gasteiger partial charge in [-0.1, -0.05) is 6.92 Å². The van der Waals surface area contributed by atoms with Crippen LogP contribution in [0.5, 0.6) is 0 Å². The van der Waals surface area contributed by atoms with Gasteiger partial charge in [-0.25, -0.2) is 13.2 Å². The van der Waals surface area contributed by atoms with Gasteiger partial charge in [-0.2, -0.15) is 0 Å². The number of carbonyl (C=O) groups is 2. The molecule has 0 aromatic carbocycles. The van der Waals surface area contributed by atoms with Crippen LogP contribution in [0.3, 0.4) is 0 Å². The van der Waals surface area contributed by atoms with Crippen LogP contribution in [0.25, 0.3) is 0 Å². The highest BCUT2D eigenvalue weighted by molar-refractivity contribution is 7.90. The van der Waals surface area contributed by atoms with E-state index in [1.54, 1.807) is 6.92 Å². The zero-order valence-corrected chi connectivity index (χ0v) is 11.4. The molecule has 1 fully saturated rings. The summed E-state index contributed by atoms with van der Waals surface area (Å²) in [5.41, 5.74) is 0. The van der Waals surface area contributed by atoms with Crippen LogP contribution >= 0.6 is 0 Å². The van der Waals surface area contributed by atoms with E-state index in [0.29, 0.717) is 5.92 Å². The maximum Gasteiger partial charge on any atom is 0.326 e. The molecule has 1 aliphatic carbocycles. The predicted octanol–water partition coefficient (Wildman–Crippen LogP) is 0.0366. The fraction of sp³-hybridized carbons (Fsp3) is 0.818. The highest BCUT2D eigenvalue weighted by Crippen LogP contribution is 2.36. The summed E-state index contributed by atoms with van der Waals surface area (Å²) in [5.74, 6) is -1.62. The molecule has 1 amide bonds. The SMILES string of the molecule is CC(C(=O)NC(CCS(C)(=O)=O)C(=O)O)C1CC1. The molecular formula is C11H19NO5S. The molecule has 7 heteroatoms. The molecule has 104 valence electrons. The van der Waals surface area contributed by atoms with E-state index in [0.717, 1.165) is 19.1 Å². The Morgan fingerprint density at radius 2 is 1.94 bits per heavy atom. The van der Waals surface area contributed by atoms with E-state index in [1.807, 2.05) is 0 Å². The number of hydrogen-bond donors (Lipinski definition) is 2. The normalized spacial score (nSPS) is 19.0. The van der Waals surface area contributed by atoms with Crippen LogP contribution in [-0.4, -0.2) is 43.5 Å². The molecule has 0 aliphatic heterocycles. The minimum absolute atomic E-state index is 0.0999. The molecule has 1 aliphatic rings. The Balaban J connectivity index is 2.51. The van der Waals surface area contributed by atoms with Gasteiger partial charge in [0.2, 0.25) is 5.91 Å². The second-order valence-corrected chi connectivity index (χ2v) is 7.20. The summed E-state index contributed by atoms with van der Waals surface area (Å²) in [7, 11) is -3.23. The maximum atomic E-state index is 11.7. The van der Waals surface area contributed by atoms with Crippen molar-refractivity contribution in [3.63, 3.8) is 0 Å². The molecule has 2 N–H and O–H groups in total. The highest BCUT2D eigenvalue weighted by Gasteiger charge is 2.34. The summed E-state index contributed by atoms with van der Waals surface area (Å²) >= 11 is 0. The number of hydrogen-bond acceptors (Lipinski definition) is 4. The second-order valence-electron chi connectivity index (χ2n) is 4.94. The third kappa shape index (κ3) is 5.03. The van der Waals surface area contributed by atoms with Crippen LogP contribution in [0, 0.1) is 11.8 Å². The van der Waals surface area contributed by atoms with Gasteiger partial charge in [0.1, 0.15) is 15.9 Å². The van der Waals surface area contributed by atoms with Crippen LogP contribution in [0.2, 0.25) is 0 Å². The Morgan fingerprint density at radius 1 is 1.39 bits per heavy atom. The number of nitrogens with one attached hydrogen (secondary N) is 1. The topological polar surface area (TPSA) is 101 Å². The Kier molecular flexibility index (Phi) is 4.72. The number of carboxylic acid groups (broad SMARTS) is 1. The lowest BCUT2D eigenvalue weighted by Crippen LogP contribution is -2.44. The lowest BCUT2D eigenvalue weighted by atomic mass is 10.0. The van der Waals surface area contributed by atoms with Gasteiger partial charge in [0.15, 0.2) is 0 Å².